The monoisotopic (exact) mass is 801 g/mol. The summed E-state index contributed by atoms with van der Waals surface area (Å²) in [6, 6.07) is 4.65. The maximum Gasteiger partial charge on any atom is 0.452 e. The highest BCUT2D eigenvalue weighted by molar-refractivity contribution is 7.89. The first-order valence-corrected chi connectivity index (χ1v) is 20.1. The minimum absolute atomic E-state index is 0.00933. The van der Waals surface area contributed by atoms with Gasteiger partial charge < -0.3 is 19.3 Å². The van der Waals surface area contributed by atoms with Gasteiger partial charge in [0, 0.05) is 55.5 Å². The molecule has 0 aliphatic carbocycles. The van der Waals surface area contributed by atoms with Crippen LogP contribution in [0.2, 0.25) is 0 Å². The van der Waals surface area contributed by atoms with Crippen LogP contribution in [0.1, 0.15) is 84.8 Å². The number of aromatic nitrogens is 5. The van der Waals surface area contributed by atoms with Crippen LogP contribution in [0.15, 0.2) is 35.5 Å². The Bertz CT molecular complexity index is 2250. The van der Waals surface area contributed by atoms with E-state index >= 15 is 0 Å². The smallest absolute Gasteiger partial charge is 0.452 e. The Morgan fingerprint density at radius 3 is 2.46 bits per heavy atom. The van der Waals surface area contributed by atoms with Crippen molar-refractivity contribution in [3.8, 4) is 11.8 Å². The standard InChI is InChI=1S/C38H46F3N7O7S/c1-23-18-29-33(43-32(23)54-17-14-46-11-6-7-12-46)55-37(9-15-53-16-10-37)22-47(56(29,51)52)21-26-19-28(42-20-24(26)2)30(36(4,5)35(49)50)27-8-13-48-31(25(27)3)44-45-34(48)38(39,40)41/h8,13,18-20,30H,6-7,9-12,14-17,21-22H2,1-5H3,(H,49,50)/t30-/m1/s1. The van der Waals surface area contributed by atoms with Crippen molar-refractivity contribution in [2.45, 2.75) is 89.4 Å². The number of nitrogens with zero attached hydrogens (tertiary/aromatic N) is 7. The molecule has 0 bridgehead atoms. The van der Waals surface area contributed by atoms with E-state index in [2.05, 4.69) is 25.1 Å². The maximum absolute atomic E-state index is 14.7. The molecule has 2 saturated heterocycles. The van der Waals surface area contributed by atoms with Gasteiger partial charge in [0.15, 0.2) is 5.65 Å². The number of fused-ring (bicyclic) bond motifs is 2. The van der Waals surface area contributed by atoms with Crippen molar-refractivity contribution in [2.24, 2.45) is 5.41 Å². The Morgan fingerprint density at radius 2 is 1.79 bits per heavy atom. The molecule has 302 valence electrons. The molecule has 3 aliphatic rings. The molecule has 0 radical (unpaired) electrons. The SMILES string of the molecule is Cc1cnc([C@@H](c2ccn3c(C(F)(F)F)nnc3c2C)C(C)(C)C(=O)O)cc1CN1CC2(CCOCC2)Oc2nc(OCCN3CCCC3)c(C)cc2S1(=O)=O. The molecule has 1 spiro atoms. The molecule has 0 aromatic carbocycles. The molecule has 1 N–H and O–H groups in total. The second kappa shape index (κ2) is 14.8. The predicted molar refractivity (Wildman–Crippen MR) is 196 cm³/mol. The number of carboxylic acid groups (broad SMARTS) is 1. The highest BCUT2D eigenvalue weighted by Crippen LogP contribution is 2.44. The molecule has 56 heavy (non-hydrogen) atoms. The number of pyridine rings is 3. The summed E-state index contributed by atoms with van der Waals surface area (Å²) in [6.07, 6.45) is 1.10. The number of hydrogen-bond acceptors (Lipinski definition) is 11. The number of ether oxygens (including phenoxy) is 3. The van der Waals surface area contributed by atoms with E-state index in [-0.39, 0.29) is 29.5 Å². The number of sulfonamides is 1. The van der Waals surface area contributed by atoms with Gasteiger partial charge in [-0.25, -0.2) is 8.42 Å². The quantitative estimate of drug-likeness (QED) is 0.220. The van der Waals surface area contributed by atoms with E-state index in [4.69, 9.17) is 14.2 Å². The van der Waals surface area contributed by atoms with Gasteiger partial charge >= 0.3 is 12.1 Å². The van der Waals surface area contributed by atoms with Crippen molar-refractivity contribution in [3.63, 3.8) is 0 Å². The molecule has 1 atom stereocenters. The summed E-state index contributed by atoms with van der Waals surface area (Å²) in [6.45, 7) is 11.9. The van der Waals surface area contributed by atoms with Crippen LogP contribution < -0.4 is 9.47 Å². The van der Waals surface area contributed by atoms with Gasteiger partial charge in [-0.15, -0.1) is 10.2 Å². The van der Waals surface area contributed by atoms with Gasteiger partial charge in [-0.3, -0.25) is 19.1 Å². The Kier molecular flexibility index (Phi) is 10.6. The lowest BCUT2D eigenvalue weighted by Crippen LogP contribution is -2.50. The van der Waals surface area contributed by atoms with E-state index in [1.165, 1.54) is 36.5 Å². The third-order valence-electron chi connectivity index (χ3n) is 11.3. The number of hydrogen-bond donors (Lipinski definition) is 1. The third kappa shape index (κ3) is 7.43. The lowest BCUT2D eigenvalue weighted by Gasteiger charge is -2.38. The van der Waals surface area contributed by atoms with Gasteiger partial charge in [0.25, 0.3) is 0 Å². The number of carboxylic acids is 1. The molecular formula is C38H46F3N7O7S. The van der Waals surface area contributed by atoms with Crippen molar-refractivity contribution in [1.82, 2.24) is 33.8 Å². The molecule has 7 heterocycles. The molecule has 0 saturated carbocycles. The molecular weight excluding hydrogens is 756 g/mol. The Balaban J connectivity index is 1.27. The van der Waals surface area contributed by atoms with Gasteiger partial charge in [0.05, 0.1) is 25.2 Å². The van der Waals surface area contributed by atoms with Crippen LogP contribution in [-0.4, -0.2) is 105 Å². The zero-order valence-corrected chi connectivity index (χ0v) is 32.8. The summed E-state index contributed by atoms with van der Waals surface area (Å²) in [5.74, 6) is -3.08. The summed E-state index contributed by atoms with van der Waals surface area (Å²) >= 11 is 0. The average Bonchev–Trinajstić information content (AvgIpc) is 3.81. The first kappa shape index (κ1) is 39.8. The minimum atomic E-state index is -4.76. The summed E-state index contributed by atoms with van der Waals surface area (Å²) in [5.41, 5.74) is 0.172. The number of halogens is 3. The van der Waals surface area contributed by atoms with E-state index in [9.17, 15) is 31.5 Å². The van der Waals surface area contributed by atoms with Crippen LogP contribution in [-0.2, 0) is 32.3 Å². The van der Waals surface area contributed by atoms with Gasteiger partial charge in [-0.1, -0.05) is 0 Å². The molecule has 0 unspecified atom stereocenters. The number of carbonyl (C=O) groups is 1. The lowest BCUT2D eigenvalue weighted by molar-refractivity contribution is -0.147. The molecule has 3 aliphatic heterocycles. The topological polar surface area (TPSA) is 162 Å². The van der Waals surface area contributed by atoms with E-state index in [1.807, 2.05) is 0 Å². The summed E-state index contributed by atoms with van der Waals surface area (Å²) < 4.78 is 91.0. The predicted octanol–water partition coefficient (Wildman–Crippen LogP) is 5.31. The number of rotatable bonds is 10. The van der Waals surface area contributed by atoms with E-state index < -0.39 is 44.9 Å². The number of likely N-dealkylation sites (tertiary alicyclic amines) is 1. The van der Waals surface area contributed by atoms with Crippen molar-refractivity contribution < 1.29 is 45.7 Å². The fourth-order valence-electron chi connectivity index (χ4n) is 7.91. The first-order valence-electron chi connectivity index (χ1n) is 18.7. The second-order valence-corrected chi connectivity index (χ2v) is 17.5. The molecule has 2 fully saturated rings. The number of aliphatic carboxylic acids is 1. The second-order valence-electron chi connectivity index (χ2n) is 15.6. The van der Waals surface area contributed by atoms with Gasteiger partial charge in [-0.05, 0) is 101 Å². The maximum atomic E-state index is 14.7. The summed E-state index contributed by atoms with van der Waals surface area (Å²) in [5, 5.41) is 17.6. The van der Waals surface area contributed by atoms with Crippen molar-refractivity contribution in [3.05, 3.63) is 69.9 Å². The Morgan fingerprint density at radius 1 is 1.07 bits per heavy atom. The van der Waals surface area contributed by atoms with Gasteiger partial charge in [-0.2, -0.15) is 22.5 Å². The molecule has 0 amide bonds. The van der Waals surface area contributed by atoms with Crippen molar-refractivity contribution in [1.29, 1.82) is 0 Å². The van der Waals surface area contributed by atoms with E-state index in [1.54, 1.807) is 33.0 Å². The van der Waals surface area contributed by atoms with Crippen molar-refractivity contribution >= 4 is 21.6 Å². The highest BCUT2D eigenvalue weighted by atomic mass is 32.2. The van der Waals surface area contributed by atoms with Gasteiger partial charge in [0.1, 0.15) is 17.1 Å². The fraction of sp³-hybridized carbons (Fsp3) is 0.553. The molecule has 4 aromatic rings. The van der Waals surface area contributed by atoms with Crippen LogP contribution in [0.25, 0.3) is 5.65 Å². The zero-order chi connectivity index (χ0) is 40.2. The Labute approximate surface area is 323 Å². The molecule has 18 heteroatoms. The zero-order valence-electron chi connectivity index (χ0n) is 32.0. The molecule has 7 rings (SSSR count). The summed E-state index contributed by atoms with van der Waals surface area (Å²) in [7, 11) is -4.23. The minimum Gasteiger partial charge on any atom is -0.481 e. The van der Waals surface area contributed by atoms with Crippen LogP contribution in [0.4, 0.5) is 13.2 Å². The fourth-order valence-corrected chi connectivity index (χ4v) is 9.54. The van der Waals surface area contributed by atoms with E-state index in [0.717, 1.165) is 36.9 Å². The number of aryl methyl sites for hydroxylation is 3. The molecule has 4 aromatic heterocycles. The first-order chi connectivity index (χ1) is 26.4. The number of alkyl halides is 3. The van der Waals surface area contributed by atoms with Crippen LogP contribution in [0, 0.1) is 26.2 Å². The van der Waals surface area contributed by atoms with Crippen molar-refractivity contribution in [2.75, 3.05) is 46.0 Å². The van der Waals surface area contributed by atoms with Crippen LogP contribution >= 0.6 is 0 Å². The normalized spacial score (nSPS) is 19.4. The molecule has 14 nitrogen and oxygen atoms in total. The van der Waals surface area contributed by atoms with Gasteiger partial charge in [0.2, 0.25) is 27.6 Å². The van der Waals surface area contributed by atoms with Crippen LogP contribution in [0.5, 0.6) is 11.8 Å². The lowest BCUT2D eigenvalue weighted by atomic mass is 9.71. The third-order valence-corrected chi connectivity index (χ3v) is 13.1. The van der Waals surface area contributed by atoms with E-state index in [0.29, 0.717) is 72.1 Å². The van der Waals surface area contributed by atoms with Crippen LogP contribution in [0.3, 0.4) is 0 Å². The average molecular weight is 802 g/mol. The summed E-state index contributed by atoms with van der Waals surface area (Å²) in [4.78, 5) is 24.4. The largest absolute Gasteiger partial charge is 0.481 e. The Hall–Kier alpha value is -4.39. The highest BCUT2D eigenvalue weighted by Gasteiger charge is 2.47.